The van der Waals surface area contributed by atoms with Crippen molar-refractivity contribution < 1.29 is 9.59 Å². The largest absolute Gasteiger partial charge is 0.342 e. The molecule has 0 atom stereocenters. The average molecular weight is 500 g/mol. The summed E-state index contributed by atoms with van der Waals surface area (Å²) >= 11 is 5.37. The minimum Gasteiger partial charge on any atom is -0.342 e. The molecular weight excluding hydrogens is 462 g/mol. The van der Waals surface area contributed by atoms with Crippen molar-refractivity contribution in [2.24, 2.45) is 0 Å². The van der Waals surface area contributed by atoms with Gasteiger partial charge in [-0.3, -0.25) is 23.9 Å². The summed E-state index contributed by atoms with van der Waals surface area (Å²) in [6.45, 7) is 5.69. The molecule has 190 valence electrons. The van der Waals surface area contributed by atoms with Crippen LogP contribution in [0.25, 0.3) is 10.9 Å². The Morgan fingerprint density at radius 1 is 0.829 bits per heavy atom. The number of likely N-dealkylation sites (tertiary alicyclic amines) is 1. The molecule has 0 bridgehead atoms. The van der Waals surface area contributed by atoms with Crippen molar-refractivity contribution in [1.29, 1.82) is 0 Å². The molecule has 1 aromatic carbocycles. The number of piperazine rings is 1. The Morgan fingerprint density at radius 2 is 1.51 bits per heavy atom. The molecule has 2 fully saturated rings. The number of H-pyrrole nitrogens is 1. The predicted molar refractivity (Wildman–Crippen MR) is 140 cm³/mol. The smallest absolute Gasteiger partial charge is 0.262 e. The Kier molecular flexibility index (Phi) is 9.09. The standard InChI is InChI=1S/C26H37N5O3S/c32-23(30-18-16-28(17-19-30)20-24(33)29-13-7-1-2-8-14-29)12-4-3-9-15-31-25(34)21-10-5-6-11-22(21)27-26(31)35/h5-6,10-11H,1-4,7-9,12-20H2,(H,27,35). The van der Waals surface area contributed by atoms with Crippen LogP contribution in [0.2, 0.25) is 0 Å². The van der Waals surface area contributed by atoms with Crippen LogP contribution in [0.5, 0.6) is 0 Å². The number of unbranched alkanes of at least 4 members (excludes halogenated alkanes) is 2. The molecule has 2 aliphatic rings. The van der Waals surface area contributed by atoms with E-state index in [2.05, 4.69) is 9.88 Å². The van der Waals surface area contributed by atoms with E-state index in [1.807, 2.05) is 34.1 Å². The molecule has 1 N–H and O–H groups in total. The van der Waals surface area contributed by atoms with Crippen molar-refractivity contribution in [3.8, 4) is 0 Å². The third kappa shape index (κ3) is 6.79. The number of aromatic amines is 1. The molecule has 0 radical (unpaired) electrons. The molecule has 3 heterocycles. The van der Waals surface area contributed by atoms with Gasteiger partial charge in [-0.05, 0) is 50.0 Å². The fourth-order valence-electron chi connectivity index (χ4n) is 5.05. The van der Waals surface area contributed by atoms with E-state index in [9.17, 15) is 14.4 Å². The Hall–Kier alpha value is -2.52. The lowest BCUT2D eigenvalue weighted by molar-refractivity contribution is -0.135. The van der Waals surface area contributed by atoms with Gasteiger partial charge in [-0.15, -0.1) is 0 Å². The van der Waals surface area contributed by atoms with E-state index in [4.69, 9.17) is 12.2 Å². The second-order valence-corrected chi connectivity index (χ2v) is 10.1. The maximum atomic E-state index is 12.7. The third-order valence-corrected chi connectivity index (χ3v) is 7.53. The van der Waals surface area contributed by atoms with Gasteiger partial charge in [0.2, 0.25) is 11.8 Å². The van der Waals surface area contributed by atoms with Gasteiger partial charge in [0.25, 0.3) is 5.56 Å². The third-order valence-electron chi connectivity index (χ3n) is 7.20. The van der Waals surface area contributed by atoms with Crippen molar-refractivity contribution in [3.05, 3.63) is 39.4 Å². The second-order valence-electron chi connectivity index (χ2n) is 9.70. The van der Waals surface area contributed by atoms with Crippen molar-refractivity contribution in [2.45, 2.75) is 57.9 Å². The summed E-state index contributed by atoms with van der Waals surface area (Å²) in [4.78, 5) is 47.2. The SMILES string of the molecule is O=C(CCCCCn1c(=S)[nH]c2ccccc2c1=O)N1CCN(CC(=O)N2CCCCCC2)CC1. The van der Waals surface area contributed by atoms with Gasteiger partial charge in [-0.1, -0.05) is 31.4 Å². The predicted octanol–water partition coefficient (Wildman–Crippen LogP) is 3.17. The van der Waals surface area contributed by atoms with Gasteiger partial charge in [-0.2, -0.15) is 0 Å². The number of carbonyl (C=O) groups is 2. The van der Waals surface area contributed by atoms with Crippen molar-refractivity contribution in [3.63, 3.8) is 0 Å². The number of rotatable bonds is 8. The van der Waals surface area contributed by atoms with Crippen molar-refractivity contribution in [1.82, 2.24) is 24.3 Å². The lowest BCUT2D eigenvalue weighted by atomic mass is 10.1. The average Bonchev–Trinajstić information content (AvgIpc) is 3.16. The number of hydrogen-bond acceptors (Lipinski definition) is 5. The van der Waals surface area contributed by atoms with Gasteiger partial charge in [0.05, 0.1) is 17.4 Å². The topological polar surface area (TPSA) is 81.6 Å². The zero-order chi connectivity index (χ0) is 24.6. The Labute approximate surface area is 211 Å². The van der Waals surface area contributed by atoms with Crippen LogP contribution in [0.15, 0.2) is 29.1 Å². The minimum absolute atomic E-state index is 0.0624. The maximum Gasteiger partial charge on any atom is 0.262 e. The van der Waals surface area contributed by atoms with E-state index in [1.165, 1.54) is 12.8 Å². The van der Waals surface area contributed by atoms with E-state index < -0.39 is 0 Å². The number of fused-ring (bicyclic) bond motifs is 1. The van der Waals surface area contributed by atoms with Crippen LogP contribution in [-0.4, -0.2) is 81.9 Å². The van der Waals surface area contributed by atoms with Crippen LogP contribution in [0.1, 0.15) is 51.4 Å². The van der Waals surface area contributed by atoms with Crippen LogP contribution >= 0.6 is 12.2 Å². The van der Waals surface area contributed by atoms with Gasteiger partial charge >= 0.3 is 0 Å². The molecule has 8 nitrogen and oxygen atoms in total. The first kappa shape index (κ1) is 25.6. The lowest BCUT2D eigenvalue weighted by Crippen LogP contribution is -2.51. The first-order chi connectivity index (χ1) is 17.0. The van der Waals surface area contributed by atoms with Crippen LogP contribution in [0.4, 0.5) is 0 Å². The van der Waals surface area contributed by atoms with Gasteiger partial charge in [0.1, 0.15) is 0 Å². The molecule has 2 saturated heterocycles. The van der Waals surface area contributed by atoms with Gasteiger partial charge < -0.3 is 14.8 Å². The summed E-state index contributed by atoms with van der Waals surface area (Å²) in [5.74, 6) is 0.417. The first-order valence-electron chi connectivity index (χ1n) is 13.0. The van der Waals surface area contributed by atoms with E-state index in [0.29, 0.717) is 42.8 Å². The normalized spacial score (nSPS) is 17.5. The van der Waals surface area contributed by atoms with Gasteiger partial charge in [0, 0.05) is 52.2 Å². The summed E-state index contributed by atoms with van der Waals surface area (Å²) in [6.07, 6.45) is 7.65. The minimum atomic E-state index is -0.0624. The summed E-state index contributed by atoms with van der Waals surface area (Å²) in [6, 6.07) is 7.40. The molecule has 2 amide bonds. The molecule has 0 saturated carbocycles. The Morgan fingerprint density at radius 3 is 2.26 bits per heavy atom. The summed E-state index contributed by atoms with van der Waals surface area (Å²) in [7, 11) is 0. The molecular formula is C26H37N5O3S. The van der Waals surface area contributed by atoms with Gasteiger partial charge in [0.15, 0.2) is 4.77 Å². The Balaban J connectivity index is 1.15. The molecule has 0 spiro atoms. The molecule has 9 heteroatoms. The van der Waals surface area contributed by atoms with E-state index in [0.717, 1.165) is 63.8 Å². The van der Waals surface area contributed by atoms with Crippen LogP contribution in [-0.2, 0) is 16.1 Å². The number of nitrogens with zero attached hydrogens (tertiary/aromatic N) is 4. The lowest BCUT2D eigenvalue weighted by Gasteiger charge is -2.35. The number of hydrogen-bond donors (Lipinski definition) is 1. The zero-order valence-corrected chi connectivity index (χ0v) is 21.4. The highest BCUT2D eigenvalue weighted by atomic mass is 32.1. The Bertz CT molecular complexity index is 1130. The summed E-state index contributed by atoms with van der Waals surface area (Å²) in [5.41, 5.74) is 0.698. The monoisotopic (exact) mass is 499 g/mol. The van der Waals surface area contributed by atoms with E-state index >= 15 is 0 Å². The molecule has 2 aromatic rings. The molecule has 35 heavy (non-hydrogen) atoms. The van der Waals surface area contributed by atoms with E-state index in [-0.39, 0.29) is 17.4 Å². The molecule has 0 unspecified atom stereocenters. The number of carbonyl (C=O) groups excluding carboxylic acids is 2. The highest BCUT2D eigenvalue weighted by molar-refractivity contribution is 7.71. The highest BCUT2D eigenvalue weighted by Gasteiger charge is 2.24. The number of amides is 2. The number of aromatic nitrogens is 2. The molecule has 2 aliphatic heterocycles. The number of benzene rings is 1. The fourth-order valence-corrected chi connectivity index (χ4v) is 5.33. The molecule has 1 aromatic heterocycles. The quantitative estimate of drug-likeness (QED) is 0.446. The van der Waals surface area contributed by atoms with Crippen LogP contribution in [0.3, 0.4) is 0 Å². The van der Waals surface area contributed by atoms with Gasteiger partial charge in [-0.25, -0.2) is 0 Å². The fraction of sp³-hybridized carbons (Fsp3) is 0.615. The maximum absolute atomic E-state index is 12.7. The first-order valence-corrected chi connectivity index (χ1v) is 13.4. The summed E-state index contributed by atoms with van der Waals surface area (Å²) in [5, 5.41) is 0.642. The highest BCUT2D eigenvalue weighted by Crippen LogP contribution is 2.12. The molecule has 0 aliphatic carbocycles. The van der Waals surface area contributed by atoms with Crippen LogP contribution in [0, 0.1) is 4.77 Å². The second kappa shape index (κ2) is 12.4. The molecule has 4 rings (SSSR count). The van der Waals surface area contributed by atoms with Crippen LogP contribution < -0.4 is 5.56 Å². The number of para-hydroxylation sites is 1. The van der Waals surface area contributed by atoms with Crippen molar-refractivity contribution >= 4 is 34.9 Å². The summed E-state index contributed by atoms with van der Waals surface area (Å²) < 4.78 is 2.06. The number of nitrogens with one attached hydrogen (secondary N) is 1. The van der Waals surface area contributed by atoms with E-state index in [1.54, 1.807) is 4.57 Å². The zero-order valence-electron chi connectivity index (χ0n) is 20.5. The van der Waals surface area contributed by atoms with Crippen molar-refractivity contribution in [2.75, 3.05) is 45.8 Å².